The van der Waals surface area contributed by atoms with Crippen LogP contribution in [0.4, 0.5) is 0 Å². The van der Waals surface area contributed by atoms with Gasteiger partial charge in [0.15, 0.2) is 0 Å². The van der Waals surface area contributed by atoms with Crippen LogP contribution >= 0.6 is 0 Å². The van der Waals surface area contributed by atoms with E-state index in [-0.39, 0.29) is 29.7 Å². The lowest BCUT2D eigenvalue weighted by molar-refractivity contribution is 0.673. The first kappa shape index (κ1) is 23.0. The summed E-state index contributed by atoms with van der Waals surface area (Å²) in [5, 5.41) is 8.57. The largest absolute Gasteiger partial charge is 0.455 e. The maximum absolute atomic E-state index is 8.88. The van der Waals surface area contributed by atoms with E-state index in [1.165, 1.54) is 0 Å². The molecule has 0 N–H and O–H groups in total. The summed E-state index contributed by atoms with van der Waals surface area (Å²) in [5.41, 5.74) is 8.36. The van der Waals surface area contributed by atoms with Gasteiger partial charge < -0.3 is 4.42 Å². The van der Waals surface area contributed by atoms with Gasteiger partial charge in [0.25, 0.3) is 0 Å². The minimum absolute atomic E-state index is 0.177. The highest BCUT2D eigenvalue weighted by Crippen LogP contribution is 2.48. The summed E-state index contributed by atoms with van der Waals surface area (Å²) in [6.07, 6.45) is 0. The third-order valence-electron chi connectivity index (χ3n) is 9.71. The van der Waals surface area contributed by atoms with E-state index in [0.29, 0.717) is 5.56 Å². The zero-order chi connectivity index (χ0) is 36.7. The van der Waals surface area contributed by atoms with Crippen LogP contribution in [0.1, 0.15) is 6.85 Å². The standard InChI is InChI=1S/C48H30O/c1-3-14-31(15-4-1)34-28-35(32-16-5-2-6-17-32)30-36(29-34)45-38-20-9-11-22-40(38)46(41-23-12-10-21-39(41)45)42-24-13-25-44-47(42)43-27-26-33-18-7-8-19-37(33)48(43)49-44/h1-30H/i1D,3D,4D,14D,15D. The molecule has 1 heteroatoms. The lowest BCUT2D eigenvalue weighted by Crippen LogP contribution is -1.92. The predicted octanol–water partition coefficient (Wildman–Crippen LogP) is 13.7. The zero-order valence-corrected chi connectivity index (χ0v) is 26.3. The molecular weight excluding hydrogens is 593 g/mol. The van der Waals surface area contributed by atoms with Gasteiger partial charge >= 0.3 is 0 Å². The van der Waals surface area contributed by atoms with Crippen molar-refractivity contribution in [3.05, 3.63) is 182 Å². The predicted molar refractivity (Wildman–Crippen MR) is 208 cm³/mol. The van der Waals surface area contributed by atoms with Crippen LogP contribution in [-0.2, 0) is 0 Å². The Morgan fingerprint density at radius 1 is 0.388 bits per heavy atom. The first-order valence-corrected chi connectivity index (χ1v) is 16.4. The molecular formula is C48H30O. The summed E-state index contributed by atoms with van der Waals surface area (Å²) in [6, 6.07) is 50.3. The maximum atomic E-state index is 8.88. The van der Waals surface area contributed by atoms with Gasteiger partial charge in [0.1, 0.15) is 11.2 Å². The highest BCUT2D eigenvalue weighted by Gasteiger charge is 2.21. The van der Waals surface area contributed by atoms with Gasteiger partial charge in [0.05, 0.1) is 6.85 Å². The Bertz CT molecular complexity index is 3080. The molecule has 0 fully saturated rings. The van der Waals surface area contributed by atoms with E-state index in [4.69, 9.17) is 11.3 Å². The number of hydrogen-bond donors (Lipinski definition) is 0. The van der Waals surface area contributed by atoms with Crippen molar-refractivity contribution < 1.29 is 11.3 Å². The Kier molecular flexibility index (Phi) is 5.20. The summed E-state index contributed by atoms with van der Waals surface area (Å²) in [7, 11) is 0. The second-order valence-electron chi connectivity index (χ2n) is 12.5. The van der Waals surface area contributed by atoms with Crippen molar-refractivity contribution in [1.82, 2.24) is 0 Å². The first-order chi connectivity index (χ1) is 26.4. The van der Waals surface area contributed by atoms with Crippen LogP contribution < -0.4 is 0 Å². The second-order valence-corrected chi connectivity index (χ2v) is 12.5. The molecule has 10 rings (SSSR count). The van der Waals surface area contributed by atoms with Gasteiger partial charge in [-0.25, -0.2) is 0 Å². The van der Waals surface area contributed by atoms with Crippen molar-refractivity contribution in [2.45, 2.75) is 0 Å². The van der Waals surface area contributed by atoms with E-state index in [0.717, 1.165) is 87.6 Å². The van der Waals surface area contributed by atoms with Gasteiger partial charge in [0.2, 0.25) is 0 Å². The number of benzene rings is 9. The van der Waals surface area contributed by atoms with Gasteiger partial charge in [-0.1, -0.05) is 152 Å². The minimum atomic E-state index is -0.408. The fourth-order valence-corrected chi connectivity index (χ4v) is 7.60. The van der Waals surface area contributed by atoms with E-state index >= 15 is 0 Å². The monoisotopic (exact) mass is 627 g/mol. The third-order valence-corrected chi connectivity index (χ3v) is 9.71. The summed E-state index contributed by atoms with van der Waals surface area (Å²) >= 11 is 0. The normalized spacial score (nSPS) is 13.1. The van der Waals surface area contributed by atoms with Crippen molar-refractivity contribution >= 4 is 54.3 Å². The van der Waals surface area contributed by atoms with Crippen molar-refractivity contribution in [3.8, 4) is 44.5 Å². The molecule has 0 radical (unpaired) electrons. The molecule has 0 aliphatic heterocycles. The number of furan rings is 1. The molecule has 0 aliphatic rings. The molecule has 49 heavy (non-hydrogen) atoms. The fraction of sp³-hybridized carbons (Fsp3) is 0. The number of rotatable bonds is 4. The highest BCUT2D eigenvalue weighted by molar-refractivity contribution is 6.27. The van der Waals surface area contributed by atoms with Crippen LogP contribution in [0.3, 0.4) is 0 Å². The van der Waals surface area contributed by atoms with E-state index < -0.39 is 6.04 Å². The topological polar surface area (TPSA) is 13.1 Å². The Hall–Kier alpha value is -6.44. The lowest BCUT2D eigenvalue weighted by atomic mass is 9.83. The summed E-state index contributed by atoms with van der Waals surface area (Å²) in [5.74, 6) is 0. The van der Waals surface area contributed by atoms with Gasteiger partial charge in [-0.15, -0.1) is 0 Å². The first-order valence-electron chi connectivity index (χ1n) is 18.9. The summed E-state index contributed by atoms with van der Waals surface area (Å²) in [4.78, 5) is 0. The molecule has 0 unspecified atom stereocenters. The molecule has 0 bridgehead atoms. The van der Waals surface area contributed by atoms with Crippen LogP contribution in [0.25, 0.3) is 98.8 Å². The Labute approximate surface area is 291 Å². The zero-order valence-electron chi connectivity index (χ0n) is 31.3. The van der Waals surface area contributed by atoms with E-state index in [9.17, 15) is 0 Å². The van der Waals surface area contributed by atoms with Crippen molar-refractivity contribution in [2.24, 2.45) is 0 Å². The summed E-state index contributed by atoms with van der Waals surface area (Å²) < 4.78 is 49.6. The van der Waals surface area contributed by atoms with Crippen LogP contribution in [-0.4, -0.2) is 0 Å². The van der Waals surface area contributed by atoms with E-state index in [2.05, 4.69) is 91.0 Å². The van der Waals surface area contributed by atoms with Gasteiger partial charge in [-0.3, -0.25) is 0 Å². The van der Waals surface area contributed by atoms with Crippen molar-refractivity contribution in [3.63, 3.8) is 0 Å². The van der Waals surface area contributed by atoms with Crippen molar-refractivity contribution in [1.29, 1.82) is 0 Å². The van der Waals surface area contributed by atoms with Crippen LogP contribution in [0.15, 0.2) is 186 Å². The SMILES string of the molecule is [2H]c1c([2H])c([2H])c(-c2cc(-c3ccccc3)cc(-c3c4ccccc4c(-c4cccc5oc6c7ccccc7ccc6c45)c4ccccc34)c2)c([2H])c1[2H]. The lowest BCUT2D eigenvalue weighted by Gasteiger charge is -2.19. The molecule has 9 aromatic carbocycles. The second kappa shape index (κ2) is 11.1. The molecule has 0 saturated heterocycles. The Morgan fingerprint density at radius 3 is 1.69 bits per heavy atom. The van der Waals surface area contributed by atoms with Crippen molar-refractivity contribution in [2.75, 3.05) is 0 Å². The molecule has 1 nitrogen and oxygen atoms in total. The van der Waals surface area contributed by atoms with Crippen LogP contribution in [0.2, 0.25) is 0 Å². The fourth-order valence-electron chi connectivity index (χ4n) is 7.60. The van der Waals surface area contributed by atoms with E-state index in [1.807, 2.05) is 60.7 Å². The molecule has 0 spiro atoms. The molecule has 1 aromatic heterocycles. The maximum Gasteiger partial charge on any atom is 0.143 e. The van der Waals surface area contributed by atoms with E-state index in [1.54, 1.807) is 0 Å². The summed E-state index contributed by atoms with van der Waals surface area (Å²) in [6.45, 7) is 0. The Balaban J connectivity index is 1.31. The van der Waals surface area contributed by atoms with Gasteiger partial charge in [-0.2, -0.15) is 0 Å². The molecule has 0 saturated carbocycles. The molecule has 0 amide bonds. The average molecular weight is 628 g/mol. The quantitative estimate of drug-likeness (QED) is 0.177. The van der Waals surface area contributed by atoms with Gasteiger partial charge in [-0.05, 0) is 102 Å². The minimum Gasteiger partial charge on any atom is -0.455 e. The molecule has 10 aromatic rings. The molecule has 0 aliphatic carbocycles. The molecule has 0 atom stereocenters. The molecule has 1 heterocycles. The highest BCUT2D eigenvalue weighted by atomic mass is 16.3. The van der Waals surface area contributed by atoms with Gasteiger partial charge in [0, 0.05) is 16.2 Å². The third kappa shape index (κ3) is 4.40. The van der Waals surface area contributed by atoms with Crippen LogP contribution in [0.5, 0.6) is 0 Å². The van der Waals surface area contributed by atoms with Crippen LogP contribution in [0, 0.1) is 0 Å². The smallest absolute Gasteiger partial charge is 0.143 e. The molecule has 228 valence electrons. The number of fused-ring (bicyclic) bond motifs is 7. The Morgan fingerprint density at radius 2 is 0.980 bits per heavy atom. The number of hydrogen-bond acceptors (Lipinski definition) is 1. The average Bonchev–Trinajstić information content (AvgIpc) is 3.61.